The second kappa shape index (κ2) is 4.53. The molecule has 0 aromatic carbocycles. The fraction of sp³-hybridized carbons (Fsp3) is 0.714. The van der Waals surface area contributed by atoms with Gasteiger partial charge in [-0.25, -0.2) is 26.3 Å². The first-order chi connectivity index (χ1) is 5.81. The maximum Gasteiger partial charge on any atom is 0.285 e. The van der Waals surface area contributed by atoms with Crippen LogP contribution in [0.5, 0.6) is 0 Å². The Bertz CT molecular complexity index is 166. The van der Waals surface area contributed by atoms with Crippen LogP contribution >= 0.6 is 0 Å². The molecule has 0 heterocycles. The molecular weight excluding hydrogens is 198 g/mol. The maximum absolute atomic E-state index is 12.4. The fourth-order valence-electron chi connectivity index (χ4n) is 0.634. The van der Waals surface area contributed by atoms with Gasteiger partial charge >= 0.3 is 0 Å². The van der Waals surface area contributed by atoms with Crippen molar-refractivity contribution in [3.05, 3.63) is 12.7 Å². The minimum Gasteiger partial charge on any atom is -0.241 e. The van der Waals surface area contributed by atoms with Crippen molar-refractivity contribution in [2.24, 2.45) is 0 Å². The van der Waals surface area contributed by atoms with E-state index in [1.807, 2.05) is 0 Å². The van der Waals surface area contributed by atoms with Crippen LogP contribution in [0.3, 0.4) is 0 Å². The van der Waals surface area contributed by atoms with E-state index in [1.54, 1.807) is 0 Å². The van der Waals surface area contributed by atoms with Crippen LogP contribution < -0.4 is 0 Å². The number of alkyl halides is 6. The molecule has 2 atom stereocenters. The second-order valence-electron chi connectivity index (χ2n) is 2.45. The van der Waals surface area contributed by atoms with Crippen molar-refractivity contribution in [1.82, 2.24) is 0 Å². The molecule has 2 unspecified atom stereocenters. The standard InChI is InChI=1S/C7H8F6/c1-2-5(9)7(12,13)3-4(8)6(10)11/h2,4-6H,1,3H2. The Morgan fingerprint density at radius 1 is 1.15 bits per heavy atom. The first-order valence-corrected chi connectivity index (χ1v) is 3.38. The van der Waals surface area contributed by atoms with E-state index in [0.29, 0.717) is 0 Å². The van der Waals surface area contributed by atoms with Crippen molar-refractivity contribution in [3.8, 4) is 0 Å². The quantitative estimate of drug-likeness (QED) is 0.478. The van der Waals surface area contributed by atoms with Gasteiger partial charge in [-0.1, -0.05) is 12.7 Å². The Morgan fingerprint density at radius 2 is 1.62 bits per heavy atom. The van der Waals surface area contributed by atoms with Gasteiger partial charge in [-0.2, -0.15) is 0 Å². The van der Waals surface area contributed by atoms with Crippen LogP contribution in [0.4, 0.5) is 26.3 Å². The van der Waals surface area contributed by atoms with Gasteiger partial charge in [-0.05, 0) is 0 Å². The van der Waals surface area contributed by atoms with Crippen LogP contribution in [0.1, 0.15) is 6.42 Å². The number of hydrogen-bond donors (Lipinski definition) is 0. The average molecular weight is 206 g/mol. The van der Waals surface area contributed by atoms with Crippen molar-refractivity contribution < 1.29 is 26.3 Å². The summed E-state index contributed by atoms with van der Waals surface area (Å²) in [5.74, 6) is -4.13. The van der Waals surface area contributed by atoms with E-state index in [-0.39, 0.29) is 6.08 Å². The zero-order chi connectivity index (χ0) is 10.6. The summed E-state index contributed by atoms with van der Waals surface area (Å²) in [7, 11) is 0. The average Bonchev–Trinajstić information content (AvgIpc) is 2.01. The highest BCUT2D eigenvalue weighted by atomic mass is 19.3. The van der Waals surface area contributed by atoms with E-state index < -0.39 is 31.1 Å². The highest BCUT2D eigenvalue weighted by molar-refractivity contribution is 4.92. The molecule has 0 aliphatic carbocycles. The normalized spacial score (nSPS) is 17.2. The van der Waals surface area contributed by atoms with E-state index in [2.05, 4.69) is 6.58 Å². The van der Waals surface area contributed by atoms with Crippen molar-refractivity contribution >= 4 is 0 Å². The van der Waals surface area contributed by atoms with E-state index in [4.69, 9.17) is 0 Å². The lowest BCUT2D eigenvalue weighted by Gasteiger charge is -2.19. The van der Waals surface area contributed by atoms with Crippen LogP contribution in [0.2, 0.25) is 0 Å². The molecule has 0 amide bonds. The Balaban J connectivity index is 4.23. The minimum atomic E-state index is -4.13. The van der Waals surface area contributed by atoms with Crippen LogP contribution in [-0.4, -0.2) is 24.7 Å². The van der Waals surface area contributed by atoms with E-state index in [0.717, 1.165) is 0 Å². The molecule has 0 aromatic rings. The smallest absolute Gasteiger partial charge is 0.241 e. The molecule has 0 saturated heterocycles. The second-order valence-corrected chi connectivity index (χ2v) is 2.45. The number of hydrogen-bond acceptors (Lipinski definition) is 0. The molecule has 6 heteroatoms. The first-order valence-electron chi connectivity index (χ1n) is 3.38. The molecule has 0 fully saturated rings. The Morgan fingerprint density at radius 3 is 1.92 bits per heavy atom. The largest absolute Gasteiger partial charge is 0.285 e. The Labute approximate surface area is 71.2 Å². The molecule has 0 spiro atoms. The van der Waals surface area contributed by atoms with E-state index >= 15 is 0 Å². The van der Waals surface area contributed by atoms with Crippen LogP contribution in [0.15, 0.2) is 12.7 Å². The van der Waals surface area contributed by atoms with Gasteiger partial charge in [0.25, 0.3) is 12.3 Å². The van der Waals surface area contributed by atoms with Crippen molar-refractivity contribution in [2.75, 3.05) is 0 Å². The van der Waals surface area contributed by atoms with Crippen molar-refractivity contribution in [2.45, 2.75) is 31.1 Å². The molecule has 0 saturated carbocycles. The molecule has 0 aliphatic heterocycles. The van der Waals surface area contributed by atoms with Gasteiger partial charge in [0.05, 0.1) is 6.42 Å². The van der Waals surface area contributed by atoms with Gasteiger partial charge in [0.2, 0.25) is 0 Å². The van der Waals surface area contributed by atoms with Gasteiger partial charge in [-0.15, -0.1) is 0 Å². The third-order valence-corrected chi connectivity index (χ3v) is 1.35. The van der Waals surface area contributed by atoms with Gasteiger partial charge in [0, 0.05) is 0 Å². The summed E-state index contributed by atoms with van der Waals surface area (Å²) in [4.78, 5) is 0. The molecule has 0 N–H and O–H groups in total. The molecule has 0 rings (SSSR count). The topological polar surface area (TPSA) is 0 Å². The highest BCUT2D eigenvalue weighted by Gasteiger charge is 2.42. The Hall–Kier alpha value is -0.680. The van der Waals surface area contributed by atoms with Gasteiger partial charge in [0.1, 0.15) is 0 Å². The number of halogens is 6. The highest BCUT2D eigenvalue weighted by Crippen LogP contribution is 2.30. The number of allylic oxidation sites excluding steroid dienone is 1. The summed E-state index contributed by atoms with van der Waals surface area (Å²) < 4.78 is 72.1. The van der Waals surface area contributed by atoms with Gasteiger partial charge < -0.3 is 0 Å². The Kier molecular flexibility index (Phi) is 4.29. The lowest BCUT2D eigenvalue weighted by atomic mass is 10.1. The fourth-order valence-corrected chi connectivity index (χ4v) is 0.634. The van der Waals surface area contributed by atoms with Crippen molar-refractivity contribution in [1.29, 1.82) is 0 Å². The molecule has 0 bridgehead atoms. The molecular formula is C7H8F6. The number of rotatable bonds is 5. The molecule has 0 nitrogen and oxygen atoms in total. The van der Waals surface area contributed by atoms with Crippen LogP contribution in [0, 0.1) is 0 Å². The monoisotopic (exact) mass is 206 g/mol. The third kappa shape index (κ3) is 3.69. The SMILES string of the molecule is C=CC(F)C(F)(F)CC(F)C(F)F. The van der Waals surface area contributed by atoms with Crippen molar-refractivity contribution in [3.63, 3.8) is 0 Å². The van der Waals surface area contributed by atoms with E-state index in [1.165, 1.54) is 0 Å². The predicted molar refractivity (Wildman–Crippen MR) is 35.6 cm³/mol. The molecule has 0 aromatic heterocycles. The first kappa shape index (κ1) is 12.3. The van der Waals surface area contributed by atoms with Crippen LogP contribution in [0.25, 0.3) is 0 Å². The molecule has 0 radical (unpaired) electrons. The summed E-state index contributed by atoms with van der Waals surface area (Å²) in [6.07, 6.45) is -10.9. The summed E-state index contributed by atoms with van der Waals surface area (Å²) in [5, 5.41) is 0. The lowest BCUT2D eigenvalue weighted by Crippen LogP contribution is -2.33. The zero-order valence-electron chi connectivity index (χ0n) is 6.49. The lowest BCUT2D eigenvalue weighted by molar-refractivity contribution is -0.0950. The predicted octanol–water partition coefficient (Wildman–Crippen LogP) is 3.14. The summed E-state index contributed by atoms with van der Waals surface area (Å²) >= 11 is 0. The summed E-state index contributed by atoms with van der Waals surface area (Å²) in [6, 6.07) is 0. The third-order valence-electron chi connectivity index (χ3n) is 1.35. The maximum atomic E-state index is 12.4. The summed E-state index contributed by atoms with van der Waals surface area (Å²) in [5.41, 5.74) is 0. The molecule has 0 aliphatic rings. The van der Waals surface area contributed by atoms with Gasteiger partial charge in [0.15, 0.2) is 12.3 Å². The molecule has 13 heavy (non-hydrogen) atoms. The zero-order valence-corrected chi connectivity index (χ0v) is 6.49. The van der Waals surface area contributed by atoms with Gasteiger partial charge in [-0.3, -0.25) is 0 Å². The summed E-state index contributed by atoms with van der Waals surface area (Å²) in [6.45, 7) is 2.71. The minimum absolute atomic E-state index is 0.248. The molecule has 78 valence electrons. The van der Waals surface area contributed by atoms with E-state index in [9.17, 15) is 26.3 Å². The van der Waals surface area contributed by atoms with Crippen LogP contribution in [-0.2, 0) is 0 Å².